The Hall–Kier alpha value is -2.16. The monoisotopic (exact) mass is 396 g/mol. The summed E-state index contributed by atoms with van der Waals surface area (Å²) in [5, 5.41) is 3.41. The first-order chi connectivity index (χ1) is 13.9. The Bertz CT molecular complexity index is 616. The Labute approximate surface area is 181 Å². The third-order valence-electron chi connectivity index (χ3n) is 4.10. The minimum absolute atomic E-state index is 0.966. The van der Waals surface area contributed by atoms with Gasteiger partial charge in [-0.25, -0.2) is 0 Å². The van der Waals surface area contributed by atoms with Crippen LogP contribution in [0.4, 0.5) is 0 Å². The van der Waals surface area contributed by atoms with Crippen LogP contribution in [0.1, 0.15) is 45.2 Å². The zero-order chi connectivity index (χ0) is 22.5. The van der Waals surface area contributed by atoms with E-state index in [-0.39, 0.29) is 0 Å². The molecule has 1 N–H and O–H groups in total. The number of nitrogens with zero attached hydrogens (tertiary/aromatic N) is 1. The lowest BCUT2D eigenvalue weighted by atomic mass is 10.1. The van der Waals surface area contributed by atoms with Gasteiger partial charge in [0.25, 0.3) is 0 Å². The highest BCUT2D eigenvalue weighted by atomic mass is 15.1. The van der Waals surface area contributed by atoms with Crippen LogP contribution in [0.5, 0.6) is 0 Å². The van der Waals surface area contributed by atoms with Gasteiger partial charge in [-0.15, -0.1) is 13.2 Å². The number of aryl methyl sites for hydroxylation is 1. The van der Waals surface area contributed by atoms with Crippen LogP contribution in [0.2, 0.25) is 0 Å². The molecule has 2 heteroatoms. The highest BCUT2D eigenvalue weighted by Gasteiger charge is 1.92. The molecular formula is C27H44N2. The summed E-state index contributed by atoms with van der Waals surface area (Å²) in [5.41, 5.74) is 5.35. The summed E-state index contributed by atoms with van der Waals surface area (Å²) < 4.78 is 0. The number of hydrogen-bond donors (Lipinski definition) is 1. The Morgan fingerprint density at radius 2 is 1.52 bits per heavy atom. The second-order valence-corrected chi connectivity index (χ2v) is 7.04. The Balaban J connectivity index is 0. The van der Waals surface area contributed by atoms with Gasteiger partial charge in [0.1, 0.15) is 0 Å². The molecule has 1 aromatic rings. The van der Waals surface area contributed by atoms with Gasteiger partial charge in [-0.3, -0.25) is 0 Å². The van der Waals surface area contributed by atoms with Crippen molar-refractivity contribution in [3.8, 4) is 0 Å². The van der Waals surface area contributed by atoms with Gasteiger partial charge >= 0.3 is 0 Å². The average molecular weight is 397 g/mol. The van der Waals surface area contributed by atoms with Crippen LogP contribution in [0.15, 0.2) is 85.0 Å². The van der Waals surface area contributed by atoms with Gasteiger partial charge in [0.15, 0.2) is 0 Å². The van der Waals surface area contributed by atoms with Gasteiger partial charge in [-0.05, 0) is 71.8 Å². The van der Waals surface area contributed by atoms with E-state index in [1.165, 1.54) is 22.3 Å². The van der Waals surface area contributed by atoms with Gasteiger partial charge in [-0.2, -0.15) is 0 Å². The van der Waals surface area contributed by atoms with Crippen molar-refractivity contribution in [3.63, 3.8) is 0 Å². The zero-order valence-electron chi connectivity index (χ0n) is 20.0. The first-order valence-corrected chi connectivity index (χ1v) is 10.4. The molecule has 0 spiro atoms. The van der Waals surface area contributed by atoms with Crippen molar-refractivity contribution >= 4 is 0 Å². The highest BCUT2D eigenvalue weighted by molar-refractivity contribution is 5.30. The number of hydrogen-bond acceptors (Lipinski definition) is 2. The molecule has 0 atom stereocenters. The normalized spacial score (nSPS) is 12.0. The van der Waals surface area contributed by atoms with Gasteiger partial charge in [0, 0.05) is 19.6 Å². The van der Waals surface area contributed by atoms with E-state index in [9.17, 15) is 0 Å². The van der Waals surface area contributed by atoms with Gasteiger partial charge in [-0.1, -0.05) is 66.3 Å². The fourth-order valence-electron chi connectivity index (χ4n) is 2.21. The van der Waals surface area contributed by atoms with Crippen molar-refractivity contribution in [2.24, 2.45) is 0 Å². The minimum atomic E-state index is 0.966. The number of allylic oxidation sites excluding steroid dienone is 8. The van der Waals surface area contributed by atoms with Crippen LogP contribution in [0, 0.1) is 6.92 Å². The van der Waals surface area contributed by atoms with Crippen LogP contribution >= 0.6 is 0 Å². The number of likely N-dealkylation sites (N-methyl/N-ethyl adjacent to an activating group) is 1. The molecule has 0 radical (unpaired) electrons. The molecule has 29 heavy (non-hydrogen) atoms. The van der Waals surface area contributed by atoms with E-state index in [0.717, 1.165) is 26.1 Å². The molecule has 0 bridgehead atoms. The quantitative estimate of drug-likeness (QED) is 0.278. The maximum Gasteiger partial charge on any atom is 0.0206 e. The SMILES string of the molecule is C/C=C\C\C=C/C(C)=C(C)/C=C\C.C=C.Cc1ccc(CNCCN(C)C)cc1. The highest BCUT2D eigenvalue weighted by Crippen LogP contribution is 2.06. The predicted octanol–water partition coefficient (Wildman–Crippen LogP) is 6.87. The first-order valence-electron chi connectivity index (χ1n) is 10.4. The lowest BCUT2D eigenvalue weighted by molar-refractivity contribution is 0.400. The summed E-state index contributed by atoms with van der Waals surface area (Å²) in [7, 11) is 4.18. The number of rotatable bonds is 9. The molecule has 0 heterocycles. The molecule has 0 unspecified atom stereocenters. The molecular weight excluding hydrogens is 352 g/mol. The van der Waals surface area contributed by atoms with E-state index < -0.39 is 0 Å². The van der Waals surface area contributed by atoms with Crippen LogP contribution in [-0.2, 0) is 6.54 Å². The summed E-state index contributed by atoms with van der Waals surface area (Å²) in [6.07, 6.45) is 13.8. The van der Waals surface area contributed by atoms with Crippen molar-refractivity contribution in [1.82, 2.24) is 10.2 Å². The van der Waals surface area contributed by atoms with E-state index >= 15 is 0 Å². The molecule has 0 aliphatic carbocycles. The third-order valence-corrected chi connectivity index (χ3v) is 4.10. The van der Waals surface area contributed by atoms with Crippen molar-refractivity contribution < 1.29 is 0 Å². The van der Waals surface area contributed by atoms with Crippen molar-refractivity contribution in [2.75, 3.05) is 27.2 Å². The first kappa shape index (κ1) is 29.0. The predicted molar refractivity (Wildman–Crippen MR) is 134 cm³/mol. The van der Waals surface area contributed by atoms with Crippen LogP contribution in [0.25, 0.3) is 0 Å². The van der Waals surface area contributed by atoms with Crippen LogP contribution in [-0.4, -0.2) is 32.1 Å². The molecule has 162 valence electrons. The summed E-state index contributed by atoms with van der Waals surface area (Å²) in [6, 6.07) is 8.67. The van der Waals surface area contributed by atoms with Crippen LogP contribution in [0.3, 0.4) is 0 Å². The van der Waals surface area contributed by atoms with E-state index in [0.29, 0.717) is 0 Å². The Morgan fingerprint density at radius 3 is 2.03 bits per heavy atom. The third kappa shape index (κ3) is 18.9. The maximum atomic E-state index is 3.41. The molecule has 0 saturated carbocycles. The molecule has 0 fully saturated rings. The molecule has 0 aromatic heterocycles. The minimum Gasteiger partial charge on any atom is -0.311 e. The van der Waals surface area contributed by atoms with Gasteiger partial charge in [0.05, 0.1) is 0 Å². The lowest BCUT2D eigenvalue weighted by Crippen LogP contribution is -2.26. The second kappa shape index (κ2) is 20.6. The van der Waals surface area contributed by atoms with E-state index in [4.69, 9.17) is 0 Å². The van der Waals surface area contributed by atoms with Crippen molar-refractivity contribution in [2.45, 2.75) is 47.6 Å². The smallest absolute Gasteiger partial charge is 0.0206 e. The molecule has 0 amide bonds. The second-order valence-electron chi connectivity index (χ2n) is 7.04. The topological polar surface area (TPSA) is 15.3 Å². The van der Waals surface area contributed by atoms with E-state index in [1.54, 1.807) is 0 Å². The Morgan fingerprint density at radius 1 is 0.931 bits per heavy atom. The largest absolute Gasteiger partial charge is 0.311 e. The molecule has 0 aliphatic rings. The zero-order valence-corrected chi connectivity index (χ0v) is 20.0. The maximum absolute atomic E-state index is 3.41. The fraction of sp³-hybridized carbons (Fsp3) is 0.407. The Kier molecular flexibility index (Phi) is 20.6. The molecule has 0 saturated heterocycles. The molecule has 0 aliphatic heterocycles. The van der Waals surface area contributed by atoms with Crippen molar-refractivity contribution in [3.05, 3.63) is 96.2 Å². The van der Waals surface area contributed by atoms with E-state index in [1.807, 2.05) is 13.8 Å². The fourth-order valence-corrected chi connectivity index (χ4v) is 2.21. The number of nitrogens with one attached hydrogen (secondary N) is 1. The summed E-state index contributed by atoms with van der Waals surface area (Å²) >= 11 is 0. The molecule has 1 rings (SSSR count). The van der Waals surface area contributed by atoms with Gasteiger partial charge < -0.3 is 10.2 Å². The lowest BCUT2D eigenvalue weighted by Gasteiger charge is -2.10. The summed E-state index contributed by atoms with van der Waals surface area (Å²) in [4.78, 5) is 2.18. The van der Waals surface area contributed by atoms with Crippen LogP contribution < -0.4 is 5.32 Å². The standard InChI is InChI=1S/C13H20.C12H20N2.C2H4/c1-5-7-8-9-11-13(4)12(3)10-6-2;1-11-4-6-12(7-5-11)10-13-8-9-14(2)3;1-2/h5-7,9-11H,8H2,1-4H3;4-7,13H,8-10H2,1-3H3;1-2H2/b7-5-,10-6-,11-9-,13-12+;;. The summed E-state index contributed by atoms with van der Waals surface area (Å²) in [6.45, 7) is 19.6. The average Bonchev–Trinajstić information content (AvgIpc) is 2.72. The van der Waals surface area contributed by atoms with Gasteiger partial charge in [0.2, 0.25) is 0 Å². The summed E-state index contributed by atoms with van der Waals surface area (Å²) in [5.74, 6) is 0. The van der Waals surface area contributed by atoms with Crippen molar-refractivity contribution in [1.29, 1.82) is 0 Å². The van der Waals surface area contributed by atoms with E-state index in [2.05, 4.69) is 119 Å². The molecule has 1 aromatic carbocycles. The number of benzene rings is 1. The molecule has 2 nitrogen and oxygen atoms in total.